The summed E-state index contributed by atoms with van der Waals surface area (Å²) >= 11 is 5.70. The molecular formula is C15H18ClFN4O. The SMILES string of the molecule is CCn1cc([C@@H]2OCC[C@H]2CNc2ncc(Cl)cc2F)cn1. The number of ether oxygens (including phenoxy) is 1. The molecule has 0 bridgehead atoms. The highest BCUT2D eigenvalue weighted by molar-refractivity contribution is 6.30. The summed E-state index contributed by atoms with van der Waals surface area (Å²) < 4.78 is 21.4. The lowest BCUT2D eigenvalue weighted by atomic mass is 9.97. The van der Waals surface area contributed by atoms with E-state index < -0.39 is 5.82 Å². The van der Waals surface area contributed by atoms with Crippen LogP contribution in [0.15, 0.2) is 24.7 Å². The molecular weight excluding hydrogens is 307 g/mol. The van der Waals surface area contributed by atoms with Gasteiger partial charge < -0.3 is 10.1 Å². The highest BCUT2D eigenvalue weighted by atomic mass is 35.5. The molecule has 2 aromatic rings. The van der Waals surface area contributed by atoms with Gasteiger partial charge in [0, 0.05) is 43.6 Å². The predicted molar refractivity (Wildman–Crippen MR) is 82.4 cm³/mol. The first-order chi connectivity index (χ1) is 10.7. The van der Waals surface area contributed by atoms with Gasteiger partial charge in [0.05, 0.1) is 17.3 Å². The van der Waals surface area contributed by atoms with Gasteiger partial charge in [0.1, 0.15) is 0 Å². The van der Waals surface area contributed by atoms with Crippen LogP contribution in [0, 0.1) is 11.7 Å². The molecule has 0 amide bonds. The van der Waals surface area contributed by atoms with E-state index in [0.717, 1.165) is 18.5 Å². The maximum absolute atomic E-state index is 13.7. The lowest BCUT2D eigenvalue weighted by Gasteiger charge is -2.18. The van der Waals surface area contributed by atoms with E-state index in [1.54, 1.807) is 0 Å². The third-order valence-electron chi connectivity index (χ3n) is 3.86. The molecule has 2 aromatic heterocycles. The lowest BCUT2D eigenvalue weighted by Crippen LogP contribution is -2.18. The lowest BCUT2D eigenvalue weighted by molar-refractivity contribution is 0.0932. The minimum absolute atomic E-state index is 0.0110. The predicted octanol–water partition coefficient (Wildman–Crippen LogP) is 3.28. The van der Waals surface area contributed by atoms with Crippen molar-refractivity contribution in [3.63, 3.8) is 0 Å². The van der Waals surface area contributed by atoms with Crippen LogP contribution in [0.5, 0.6) is 0 Å². The first-order valence-corrected chi connectivity index (χ1v) is 7.74. The molecule has 3 rings (SSSR count). The number of aromatic nitrogens is 3. The first kappa shape index (κ1) is 15.2. The van der Waals surface area contributed by atoms with Gasteiger partial charge in [-0.05, 0) is 19.4 Å². The molecule has 2 atom stereocenters. The zero-order chi connectivity index (χ0) is 15.5. The molecule has 1 fully saturated rings. The van der Waals surface area contributed by atoms with Crippen molar-refractivity contribution in [3.8, 4) is 0 Å². The average molecular weight is 325 g/mol. The molecule has 0 unspecified atom stereocenters. The summed E-state index contributed by atoms with van der Waals surface area (Å²) in [6.07, 6.45) is 6.19. The number of aryl methyl sites for hydroxylation is 1. The van der Waals surface area contributed by atoms with E-state index in [-0.39, 0.29) is 22.9 Å². The summed E-state index contributed by atoms with van der Waals surface area (Å²) in [6, 6.07) is 1.25. The number of rotatable bonds is 5. The van der Waals surface area contributed by atoms with Gasteiger partial charge in [-0.2, -0.15) is 5.10 Å². The van der Waals surface area contributed by atoms with Crippen molar-refractivity contribution in [1.29, 1.82) is 0 Å². The van der Waals surface area contributed by atoms with E-state index >= 15 is 0 Å². The first-order valence-electron chi connectivity index (χ1n) is 7.36. The second-order valence-electron chi connectivity index (χ2n) is 5.33. The van der Waals surface area contributed by atoms with E-state index in [0.29, 0.717) is 13.2 Å². The number of hydrogen-bond acceptors (Lipinski definition) is 4. The summed E-state index contributed by atoms with van der Waals surface area (Å²) in [5.41, 5.74) is 1.07. The van der Waals surface area contributed by atoms with Crippen LogP contribution in [-0.2, 0) is 11.3 Å². The molecule has 5 nitrogen and oxygen atoms in total. The topological polar surface area (TPSA) is 52.0 Å². The fraction of sp³-hybridized carbons (Fsp3) is 0.467. The number of anilines is 1. The van der Waals surface area contributed by atoms with Crippen molar-refractivity contribution in [2.75, 3.05) is 18.5 Å². The van der Waals surface area contributed by atoms with Crippen LogP contribution in [0.4, 0.5) is 10.2 Å². The minimum atomic E-state index is -0.443. The monoisotopic (exact) mass is 324 g/mol. The Kier molecular flexibility index (Phi) is 4.59. The number of nitrogens with one attached hydrogen (secondary N) is 1. The second kappa shape index (κ2) is 6.62. The standard InChI is InChI=1S/C15H18ClFN4O/c1-2-21-9-11(7-20-21)14-10(3-4-22-14)6-18-15-13(17)5-12(16)8-19-15/h5,7-10,14H,2-4,6H2,1H3,(H,18,19)/t10-,14+/m0/s1. The summed E-state index contributed by atoms with van der Waals surface area (Å²) in [5, 5.41) is 7.62. The van der Waals surface area contributed by atoms with Crippen molar-refractivity contribution in [3.05, 3.63) is 41.1 Å². The highest BCUT2D eigenvalue weighted by Gasteiger charge is 2.30. The molecule has 0 radical (unpaired) electrons. The fourth-order valence-corrected chi connectivity index (χ4v) is 2.83. The van der Waals surface area contributed by atoms with Gasteiger partial charge in [-0.3, -0.25) is 4.68 Å². The number of pyridine rings is 1. The zero-order valence-electron chi connectivity index (χ0n) is 12.3. The molecule has 22 heavy (non-hydrogen) atoms. The van der Waals surface area contributed by atoms with Crippen LogP contribution in [0.1, 0.15) is 25.0 Å². The quantitative estimate of drug-likeness (QED) is 0.917. The van der Waals surface area contributed by atoms with E-state index in [1.807, 2.05) is 24.0 Å². The Morgan fingerprint density at radius 1 is 1.50 bits per heavy atom. The van der Waals surface area contributed by atoms with Gasteiger partial charge in [-0.15, -0.1) is 0 Å². The Labute approximate surface area is 133 Å². The smallest absolute Gasteiger partial charge is 0.166 e. The van der Waals surface area contributed by atoms with Gasteiger partial charge >= 0.3 is 0 Å². The molecule has 0 spiro atoms. The summed E-state index contributed by atoms with van der Waals surface area (Å²) in [5.74, 6) is 0.0347. The van der Waals surface area contributed by atoms with E-state index in [2.05, 4.69) is 15.4 Å². The largest absolute Gasteiger partial charge is 0.373 e. The van der Waals surface area contributed by atoms with Crippen molar-refractivity contribution in [1.82, 2.24) is 14.8 Å². The molecule has 1 aliphatic rings. The van der Waals surface area contributed by atoms with E-state index in [4.69, 9.17) is 16.3 Å². The number of nitrogens with zero attached hydrogens (tertiary/aromatic N) is 3. The number of hydrogen-bond donors (Lipinski definition) is 1. The normalized spacial score (nSPS) is 21.2. The van der Waals surface area contributed by atoms with Crippen LogP contribution >= 0.6 is 11.6 Å². The Hall–Kier alpha value is -1.66. The van der Waals surface area contributed by atoms with Crippen LogP contribution in [-0.4, -0.2) is 27.9 Å². The van der Waals surface area contributed by atoms with Crippen LogP contribution in [0.2, 0.25) is 5.02 Å². The van der Waals surface area contributed by atoms with E-state index in [1.165, 1.54) is 12.3 Å². The molecule has 1 saturated heterocycles. The van der Waals surface area contributed by atoms with Gasteiger partial charge in [0.25, 0.3) is 0 Å². The molecule has 7 heteroatoms. The van der Waals surface area contributed by atoms with Crippen molar-refractivity contribution in [2.24, 2.45) is 5.92 Å². The second-order valence-corrected chi connectivity index (χ2v) is 5.77. The van der Waals surface area contributed by atoms with Crippen molar-refractivity contribution >= 4 is 17.4 Å². The molecule has 0 saturated carbocycles. The summed E-state index contributed by atoms with van der Waals surface area (Å²) in [6.45, 7) is 4.16. The Bertz CT molecular complexity index is 648. The van der Waals surface area contributed by atoms with Gasteiger partial charge in [0.2, 0.25) is 0 Å². The maximum Gasteiger partial charge on any atom is 0.166 e. The van der Waals surface area contributed by atoms with Crippen LogP contribution in [0.3, 0.4) is 0 Å². The van der Waals surface area contributed by atoms with Crippen molar-refractivity contribution in [2.45, 2.75) is 26.0 Å². The third-order valence-corrected chi connectivity index (χ3v) is 4.07. The Morgan fingerprint density at radius 3 is 3.09 bits per heavy atom. The van der Waals surface area contributed by atoms with Crippen LogP contribution in [0.25, 0.3) is 0 Å². The third kappa shape index (κ3) is 3.23. The zero-order valence-corrected chi connectivity index (χ0v) is 13.1. The van der Waals surface area contributed by atoms with Gasteiger partial charge in [-0.25, -0.2) is 9.37 Å². The van der Waals surface area contributed by atoms with Gasteiger partial charge in [0.15, 0.2) is 11.6 Å². The highest BCUT2D eigenvalue weighted by Crippen LogP contribution is 2.34. The molecule has 0 aliphatic carbocycles. The molecule has 1 N–H and O–H groups in total. The van der Waals surface area contributed by atoms with Crippen molar-refractivity contribution < 1.29 is 9.13 Å². The maximum atomic E-state index is 13.7. The molecule has 0 aromatic carbocycles. The average Bonchev–Trinajstić information content (AvgIpc) is 3.14. The van der Waals surface area contributed by atoms with E-state index in [9.17, 15) is 4.39 Å². The Morgan fingerprint density at radius 2 is 2.36 bits per heavy atom. The fourth-order valence-electron chi connectivity index (χ4n) is 2.68. The molecule has 1 aliphatic heterocycles. The molecule has 3 heterocycles. The Balaban J connectivity index is 1.66. The minimum Gasteiger partial charge on any atom is -0.373 e. The molecule has 118 valence electrons. The summed E-state index contributed by atoms with van der Waals surface area (Å²) in [7, 11) is 0. The van der Waals surface area contributed by atoms with Crippen LogP contribution < -0.4 is 5.32 Å². The summed E-state index contributed by atoms with van der Waals surface area (Å²) in [4.78, 5) is 3.98. The van der Waals surface area contributed by atoms with Gasteiger partial charge in [-0.1, -0.05) is 11.6 Å². The number of halogens is 2.